The van der Waals surface area contributed by atoms with Crippen LogP contribution in [0.2, 0.25) is 5.02 Å². The van der Waals surface area contributed by atoms with Gasteiger partial charge >= 0.3 is 0 Å². The van der Waals surface area contributed by atoms with E-state index in [-0.39, 0.29) is 0 Å². The second-order valence-electron chi connectivity index (χ2n) is 6.57. The molecule has 7 heteroatoms. The largest absolute Gasteiger partial charge is 0.493 e. The molecule has 0 aliphatic heterocycles. The number of nitrogens with zero attached hydrogens (tertiary/aromatic N) is 2. The molecule has 1 aromatic heterocycles. The van der Waals surface area contributed by atoms with Crippen LogP contribution < -0.4 is 14.8 Å². The van der Waals surface area contributed by atoms with E-state index in [0.29, 0.717) is 33.3 Å². The predicted molar refractivity (Wildman–Crippen MR) is 125 cm³/mol. The molecule has 1 heterocycles. The Kier molecular flexibility index (Phi) is 6.17. The van der Waals surface area contributed by atoms with E-state index < -0.39 is 0 Å². The average Bonchev–Trinajstić information content (AvgIpc) is 2.80. The van der Waals surface area contributed by atoms with Gasteiger partial charge in [0.15, 0.2) is 11.5 Å². The molecule has 3 aromatic carbocycles. The van der Waals surface area contributed by atoms with Crippen molar-refractivity contribution in [1.29, 1.82) is 5.26 Å². The summed E-state index contributed by atoms with van der Waals surface area (Å²) in [5.41, 5.74) is 2.49. The summed E-state index contributed by atoms with van der Waals surface area (Å²) in [7, 11) is 3.14. The van der Waals surface area contributed by atoms with E-state index in [4.69, 9.17) is 21.1 Å². The molecule has 154 valence electrons. The van der Waals surface area contributed by atoms with Crippen molar-refractivity contribution in [3.8, 4) is 17.6 Å². The Bertz CT molecular complexity index is 1290. The zero-order valence-electron chi connectivity index (χ0n) is 16.8. The summed E-state index contributed by atoms with van der Waals surface area (Å²) < 4.78 is 10.8. The Morgan fingerprint density at radius 3 is 2.42 bits per heavy atom. The van der Waals surface area contributed by atoms with Crippen LogP contribution in [-0.2, 0) is 0 Å². The van der Waals surface area contributed by atoms with Crippen molar-refractivity contribution in [3.63, 3.8) is 0 Å². The van der Waals surface area contributed by atoms with E-state index in [2.05, 4.69) is 16.4 Å². The summed E-state index contributed by atoms with van der Waals surface area (Å²) in [6, 6.07) is 21.6. The van der Waals surface area contributed by atoms with E-state index >= 15 is 0 Å². The van der Waals surface area contributed by atoms with Gasteiger partial charge in [-0.2, -0.15) is 5.26 Å². The number of halogens is 1. The quantitative estimate of drug-likeness (QED) is 0.356. The van der Waals surface area contributed by atoms with Crippen molar-refractivity contribution in [2.24, 2.45) is 0 Å². The zero-order valence-corrected chi connectivity index (χ0v) is 18.4. The van der Waals surface area contributed by atoms with Crippen LogP contribution in [0.4, 0.5) is 11.4 Å². The van der Waals surface area contributed by atoms with Crippen molar-refractivity contribution in [2.75, 3.05) is 19.5 Å². The number of pyridine rings is 1. The Morgan fingerprint density at radius 2 is 1.74 bits per heavy atom. The van der Waals surface area contributed by atoms with Crippen LogP contribution in [0.5, 0.6) is 11.5 Å². The van der Waals surface area contributed by atoms with Gasteiger partial charge < -0.3 is 14.8 Å². The van der Waals surface area contributed by atoms with Crippen LogP contribution in [0, 0.1) is 11.3 Å². The van der Waals surface area contributed by atoms with Gasteiger partial charge in [0.1, 0.15) is 6.07 Å². The highest BCUT2D eigenvalue weighted by Crippen LogP contribution is 2.39. The number of anilines is 2. The third-order valence-electron chi connectivity index (χ3n) is 4.67. The average molecular weight is 448 g/mol. The first-order valence-corrected chi connectivity index (χ1v) is 10.6. The van der Waals surface area contributed by atoms with Crippen LogP contribution in [0.3, 0.4) is 0 Å². The molecule has 0 bridgehead atoms. The Morgan fingerprint density at radius 1 is 1.00 bits per heavy atom. The van der Waals surface area contributed by atoms with Crippen molar-refractivity contribution in [3.05, 3.63) is 77.4 Å². The molecule has 4 aromatic rings. The molecule has 4 rings (SSSR count). The maximum Gasteiger partial charge on any atom is 0.162 e. The lowest BCUT2D eigenvalue weighted by Crippen LogP contribution is -1.98. The molecule has 5 nitrogen and oxygen atoms in total. The summed E-state index contributed by atoms with van der Waals surface area (Å²) >= 11 is 8.15. The van der Waals surface area contributed by atoms with Crippen LogP contribution >= 0.6 is 23.4 Å². The Labute approximate surface area is 189 Å². The number of methoxy groups -OCH3 is 2. The summed E-state index contributed by atoms with van der Waals surface area (Å²) in [4.78, 5) is 6.45. The maximum atomic E-state index is 9.63. The number of rotatable bonds is 6. The third-order valence-corrected chi connectivity index (χ3v) is 6.17. The molecule has 0 amide bonds. The van der Waals surface area contributed by atoms with Gasteiger partial charge in [0.25, 0.3) is 0 Å². The molecule has 0 saturated carbocycles. The first kappa shape index (κ1) is 20.9. The van der Waals surface area contributed by atoms with E-state index in [1.54, 1.807) is 32.0 Å². The van der Waals surface area contributed by atoms with Gasteiger partial charge in [-0.1, -0.05) is 41.6 Å². The molecule has 31 heavy (non-hydrogen) atoms. The summed E-state index contributed by atoms with van der Waals surface area (Å²) in [6.45, 7) is 0. The maximum absolute atomic E-state index is 9.63. The van der Waals surface area contributed by atoms with E-state index in [1.165, 1.54) is 6.20 Å². The van der Waals surface area contributed by atoms with E-state index in [1.807, 2.05) is 54.6 Å². The van der Waals surface area contributed by atoms with Gasteiger partial charge in [-0.3, -0.25) is 4.98 Å². The second kappa shape index (κ2) is 9.17. The van der Waals surface area contributed by atoms with Crippen LogP contribution in [0.15, 0.2) is 76.7 Å². The van der Waals surface area contributed by atoms with Gasteiger partial charge in [-0.15, -0.1) is 0 Å². The number of aromatic nitrogens is 1. The van der Waals surface area contributed by atoms with E-state index in [0.717, 1.165) is 20.9 Å². The first-order chi connectivity index (χ1) is 15.1. The highest BCUT2D eigenvalue weighted by molar-refractivity contribution is 7.99. The van der Waals surface area contributed by atoms with Crippen LogP contribution in [0.1, 0.15) is 5.56 Å². The molecule has 0 aliphatic carbocycles. The molecular weight excluding hydrogens is 430 g/mol. The number of nitriles is 1. The predicted octanol–water partition coefficient (Wildman–Crippen LogP) is 6.67. The van der Waals surface area contributed by atoms with Gasteiger partial charge in [0, 0.05) is 33.1 Å². The molecule has 0 atom stereocenters. The number of fused-ring (bicyclic) bond motifs is 1. The number of hydrogen-bond donors (Lipinski definition) is 1. The Hall–Kier alpha value is -3.40. The lowest BCUT2D eigenvalue weighted by atomic mass is 10.1. The monoisotopic (exact) mass is 447 g/mol. The Balaban J connectivity index is 1.72. The number of benzene rings is 3. The number of ether oxygens (including phenoxy) is 2. The van der Waals surface area contributed by atoms with Crippen LogP contribution in [0.25, 0.3) is 10.9 Å². The van der Waals surface area contributed by atoms with Crippen molar-refractivity contribution < 1.29 is 9.47 Å². The number of hydrogen-bond acceptors (Lipinski definition) is 6. The molecule has 0 aliphatic rings. The fraction of sp³-hybridized carbons (Fsp3) is 0.0833. The normalized spacial score (nSPS) is 10.5. The molecule has 0 radical (unpaired) electrons. The molecule has 1 N–H and O–H groups in total. The highest BCUT2D eigenvalue weighted by atomic mass is 35.5. The smallest absolute Gasteiger partial charge is 0.162 e. The van der Waals surface area contributed by atoms with Gasteiger partial charge in [0.2, 0.25) is 0 Å². The second-order valence-corrected chi connectivity index (χ2v) is 8.09. The van der Waals surface area contributed by atoms with Crippen molar-refractivity contribution >= 4 is 45.6 Å². The summed E-state index contributed by atoms with van der Waals surface area (Å²) in [6.07, 6.45) is 1.54. The number of nitrogens with one attached hydrogen (secondary N) is 1. The van der Waals surface area contributed by atoms with E-state index in [9.17, 15) is 5.26 Å². The minimum Gasteiger partial charge on any atom is -0.493 e. The SMILES string of the molecule is COc1cc2ncc(C#N)c(Nc3ccc(Sc4ccccc4)c(Cl)c3)c2cc1OC. The van der Waals surface area contributed by atoms with Crippen LogP contribution in [-0.4, -0.2) is 19.2 Å². The van der Waals surface area contributed by atoms with Crippen molar-refractivity contribution in [2.45, 2.75) is 9.79 Å². The molecule has 0 fully saturated rings. The van der Waals surface area contributed by atoms with Gasteiger partial charge in [-0.25, -0.2) is 0 Å². The zero-order chi connectivity index (χ0) is 21.8. The molecular formula is C24H18ClN3O2S. The standard InChI is InChI=1S/C24H18ClN3O2S/c1-29-21-11-18-20(12-22(21)30-2)27-14-15(13-26)24(18)28-16-8-9-23(19(25)10-16)31-17-6-4-3-5-7-17/h3-12,14H,1-2H3,(H,27,28). The minimum atomic E-state index is 0.415. The minimum absolute atomic E-state index is 0.415. The third kappa shape index (κ3) is 4.38. The van der Waals surface area contributed by atoms with Gasteiger partial charge in [0.05, 0.1) is 36.0 Å². The van der Waals surface area contributed by atoms with Gasteiger partial charge in [-0.05, 0) is 36.4 Å². The summed E-state index contributed by atoms with van der Waals surface area (Å²) in [5.74, 6) is 1.13. The lowest BCUT2D eigenvalue weighted by Gasteiger charge is -2.15. The highest BCUT2D eigenvalue weighted by Gasteiger charge is 2.14. The van der Waals surface area contributed by atoms with Crippen molar-refractivity contribution in [1.82, 2.24) is 4.98 Å². The first-order valence-electron chi connectivity index (χ1n) is 9.37. The lowest BCUT2D eigenvalue weighted by molar-refractivity contribution is 0.356. The molecule has 0 spiro atoms. The fourth-order valence-corrected chi connectivity index (χ4v) is 4.30. The fourth-order valence-electron chi connectivity index (χ4n) is 3.16. The summed E-state index contributed by atoms with van der Waals surface area (Å²) in [5, 5.41) is 14.3. The topological polar surface area (TPSA) is 67.2 Å². The molecule has 0 saturated heterocycles. The molecule has 0 unspecified atom stereocenters.